The fourth-order valence-electron chi connectivity index (χ4n) is 1.40. The molecule has 0 aliphatic heterocycles. The second-order valence-electron chi connectivity index (χ2n) is 3.73. The van der Waals surface area contributed by atoms with Crippen LogP contribution in [0.4, 0.5) is 5.69 Å². The third-order valence-corrected chi connectivity index (χ3v) is 2.11. The van der Waals surface area contributed by atoms with Crippen molar-refractivity contribution in [1.82, 2.24) is 0 Å². The molecule has 7 nitrogen and oxygen atoms in total. The van der Waals surface area contributed by atoms with Crippen LogP contribution in [-0.2, 0) is 25.5 Å². The molecule has 0 aliphatic carbocycles. The molecule has 0 atom stereocenters. The van der Waals surface area contributed by atoms with E-state index >= 15 is 0 Å². The predicted molar refractivity (Wildman–Crippen MR) is 66.4 cm³/mol. The lowest BCUT2D eigenvalue weighted by Crippen LogP contribution is -2.22. The van der Waals surface area contributed by atoms with Crippen molar-refractivity contribution >= 4 is 23.5 Å². The molecule has 2 amide bonds. The smallest absolute Gasteiger partial charge is 0.329 e. The molecule has 0 heterocycles. The number of anilines is 1. The molecular formula is C12H14N2O5. The summed E-state index contributed by atoms with van der Waals surface area (Å²) in [5, 5.41) is 10.9. The number of nitrogens with two attached hydrogens (primary N) is 1. The molecule has 0 unspecified atom stereocenters. The molecule has 7 heteroatoms. The van der Waals surface area contributed by atoms with Gasteiger partial charge in [-0.25, -0.2) is 4.79 Å². The van der Waals surface area contributed by atoms with E-state index in [4.69, 9.17) is 10.8 Å². The Morgan fingerprint density at radius 2 is 1.89 bits per heavy atom. The van der Waals surface area contributed by atoms with Gasteiger partial charge in [0.15, 0.2) is 0 Å². The lowest BCUT2D eigenvalue weighted by Gasteiger charge is -2.09. The summed E-state index contributed by atoms with van der Waals surface area (Å²) in [5.74, 6) is -2.16. The van der Waals surface area contributed by atoms with Crippen molar-refractivity contribution in [3.8, 4) is 0 Å². The van der Waals surface area contributed by atoms with Crippen molar-refractivity contribution < 1.29 is 24.2 Å². The Balaban J connectivity index is 2.58. The standard InChI is InChI=1S/C12H14N2O5/c13-10(15)5-8-3-1-2-4-9(8)14-11(16)6-19-7-12(17)18/h1-4H,5-7H2,(H2,13,15)(H,14,16)(H,17,18). The van der Waals surface area contributed by atoms with Crippen molar-refractivity contribution in [2.75, 3.05) is 18.5 Å². The fraction of sp³-hybridized carbons (Fsp3) is 0.250. The van der Waals surface area contributed by atoms with Gasteiger partial charge in [-0.2, -0.15) is 0 Å². The van der Waals surface area contributed by atoms with Crippen molar-refractivity contribution in [3.63, 3.8) is 0 Å². The van der Waals surface area contributed by atoms with Gasteiger partial charge in [0.25, 0.3) is 0 Å². The van der Waals surface area contributed by atoms with Gasteiger partial charge in [-0.15, -0.1) is 0 Å². The van der Waals surface area contributed by atoms with E-state index in [0.29, 0.717) is 11.3 Å². The summed E-state index contributed by atoms with van der Waals surface area (Å²) in [7, 11) is 0. The molecule has 0 radical (unpaired) electrons. The molecule has 102 valence electrons. The zero-order valence-electron chi connectivity index (χ0n) is 10.1. The number of aliphatic carboxylic acids is 1. The van der Waals surface area contributed by atoms with Gasteiger partial charge in [0.2, 0.25) is 11.8 Å². The van der Waals surface area contributed by atoms with Crippen LogP contribution in [0.25, 0.3) is 0 Å². The summed E-state index contributed by atoms with van der Waals surface area (Å²) in [6.07, 6.45) is 0.00639. The van der Waals surface area contributed by atoms with E-state index in [9.17, 15) is 14.4 Å². The van der Waals surface area contributed by atoms with Crippen LogP contribution in [0.2, 0.25) is 0 Å². The minimum Gasteiger partial charge on any atom is -0.480 e. The first kappa shape index (κ1) is 14.7. The molecule has 1 aromatic carbocycles. The molecular weight excluding hydrogens is 252 g/mol. The number of primary amides is 1. The lowest BCUT2D eigenvalue weighted by molar-refractivity contribution is -0.143. The van der Waals surface area contributed by atoms with Gasteiger partial charge < -0.3 is 20.9 Å². The summed E-state index contributed by atoms with van der Waals surface area (Å²) in [6.45, 7) is -0.923. The first-order chi connectivity index (χ1) is 8.99. The van der Waals surface area contributed by atoms with E-state index in [-0.39, 0.29) is 13.0 Å². The summed E-state index contributed by atoms with van der Waals surface area (Å²) in [6, 6.07) is 6.69. The molecule has 0 spiro atoms. The van der Waals surface area contributed by atoms with E-state index in [1.54, 1.807) is 24.3 Å². The highest BCUT2D eigenvalue weighted by molar-refractivity contribution is 5.93. The summed E-state index contributed by atoms with van der Waals surface area (Å²) in [5.41, 5.74) is 6.13. The van der Waals surface area contributed by atoms with E-state index in [2.05, 4.69) is 10.1 Å². The SMILES string of the molecule is NC(=O)Cc1ccccc1NC(=O)COCC(=O)O. The van der Waals surface area contributed by atoms with E-state index in [1.165, 1.54) is 0 Å². The van der Waals surface area contributed by atoms with E-state index in [0.717, 1.165) is 0 Å². The van der Waals surface area contributed by atoms with Crippen LogP contribution in [0, 0.1) is 0 Å². The third-order valence-electron chi connectivity index (χ3n) is 2.11. The number of nitrogens with one attached hydrogen (secondary N) is 1. The van der Waals surface area contributed by atoms with Crippen molar-refractivity contribution in [2.24, 2.45) is 5.73 Å². The Hall–Kier alpha value is -2.41. The van der Waals surface area contributed by atoms with Crippen molar-refractivity contribution in [2.45, 2.75) is 6.42 Å². The molecule has 0 aliphatic rings. The van der Waals surface area contributed by atoms with Gasteiger partial charge in [0.1, 0.15) is 13.2 Å². The van der Waals surface area contributed by atoms with Gasteiger partial charge in [0.05, 0.1) is 6.42 Å². The zero-order chi connectivity index (χ0) is 14.3. The van der Waals surface area contributed by atoms with Crippen LogP contribution in [0.5, 0.6) is 0 Å². The minimum absolute atomic E-state index is 0.00639. The number of benzene rings is 1. The molecule has 19 heavy (non-hydrogen) atoms. The Bertz CT molecular complexity index is 487. The fourth-order valence-corrected chi connectivity index (χ4v) is 1.40. The number of rotatable bonds is 7. The Morgan fingerprint density at radius 1 is 1.21 bits per heavy atom. The number of hydrogen-bond donors (Lipinski definition) is 3. The van der Waals surface area contributed by atoms with Gasteiger partial charge in [-0.1, -0.05) is 18.2 Å². The number of amides is 2. The molecule has 0 bridgehead atoms. The second-order valence-corrected chi connectivity index (χ2v) is 3.73. The number of carbonyl (C=O) groups excluding carboxylic acids is 2. The zero-order valence-corrected chi connectivity index (χ0v) is 10.1. The number of carboxylic acid groups (broad SMARTS) is 1. The first-order valence-corrected chi connectivity index (χ1v) is 5.44. The topological polar surface area (TPSA) is 119 Å². The van der Waals surface area contributed by atoms with Crippen molar-refractivity contribution in [1.29, 1.82) is 0 Å². The average molecular weight is 266 g/mol. The number of ether oxygens (including phenoxy) is 1. The second kappa shape index (κ2) is 7.12. The average Bonchev–Trinajstić information content (AvgIpc) is 2.30. The summed E-state index contributed by atoms with van der Waals surface area (Å²) >= 11 is 0. The predicted octanol–water partition coefficient (Wildman–Crippen LogP) is -0.246. The Kier molecular flexibility index (Phi) is 5.49. The number of para-hydroxylation sites is 1. The largest absolute Gasteiger partial charge is 0.480 e. The third kappa shape index (κ3) is 5.64. The maximum atomic E-state index is 11.5. The monoisotopic (exact) mass is 266 g/mol. The van der Waals surface area contributed by atoms with E-state index < -0.39 is 24.4 Å². The molecule has 4 N–H and O–H groups in total. The summed E-state index contributed by atoms with van der Waals surface area (Å²) < 4.78 is 4.65. The molecule has 1 aromatic rings. The highest BCUT2D eigenvalue weighted by Crippen LogP contribution is 2.15. The van der Waals surface area contributed by atoms with Crippen LogP contribution < -0.4 is 11.1 Å². The highest BCUT2D eigenvalue weighted by Gasteiger charge is 2.09. The van der Waals surface area contributed by atoms with Gasteiger partial charge in [-0.05, 0) is 11.6 Å². The van der Waals surface area contributed by atoms with Crippen molar-refractivity contribution in [3.05, 3.63) is 29.8 Å². The summed E-state index contributed by atoms with van der Waals surface area (Å²) in [4.78, 5) is 32.6. The lowest BCUT2D eigenvalue weighted by atomic mass is 10.1. The van der Waals surface area contributed by atoms with Gasteiger partial charge in [0, 0.05) is 5.69 Å². The van der Waals surface area contributed by atoms with Gasteiger partial charge >= 0.3 is 5.97 Å². The molecule has 0 aromatic heterocycles. The quantitative estimate of drug-likeness (QED) is 0.629. The minimum atomic E-state index is -1.15. The van der Waals surface area contributed by atoms with Crippen LogP contribution in [0.3, 0.4) is 0 Å². The maximum Gasteiger partial charge on any atom is 0.329 e. The van der Waals surface area contributed by atoms with Gasteiger partial charge in [-0.3, -0.25) is 9.59 Å². The number of carboxylic acids is 1. The number of hydrogen-bond acceptors (Lipinski definition) is 4. The van der Waals surface area contributed by atoms with E-state index in [1.807, 2.05) is 0 Å². The Labute approximate surface area is 109 Å². The molecule has 1 rings (SSSR count). The molecule has 0 saturated carbocycles. The Morgan fingerprint density at radius 3 is 2.53 bits per heavy atom. The molecule has 0 saturated heterocycles. The van der Waals surface area contributed by atoms with Crippen LogP contribution >= 0.6 is 0 Å². The maximum absolute atomic E-state index is 11.5. The number of carbonyl (C=O) groups is 3. The highest BCUT2D eigenvalue weighted by atomic mass is 16.5. The normalized spacial score (nSPS) is 9.89. The first-order valence-electron chi connectivity index (χ1n) is 5.44. The van der Waals surface area contributed by atoms with Crippen LogP contribution in [0.1, 0.15) is 5.56 Å². The van der Waals surface area contributed by atoms with Crippen LogP contribution in [-0.4, -0.2) is 36.1 Å². The molecule has 0 fully saturated rings. The van der Waals surface area contributed by atoms with Crippen LogP contribution in [0.15, 0.2) is 24.3 Å².